The molecule has 3 rings (SSSR count). The molecule has 0 aliphatic heterocycles. The number of benzene rings is 1. The van der Waals surface area contributed by atoms with Crippen molar-refractivity contribution in [3.63, 3.8) is 0 Å². The zero-order valence-corrected chi connectivity index (χ0v) is 14.2. The zero-order valence-electron chi connectivity index (χ0n) is 13.4. The van der Waals surface area contributed by atoms with Crippen molar-refractivity contribution in [1.82, 2.24) is 15.3 Å². The van der Waals surface area contributed by atoms with E-state index in [0.717, 1.165) is 17.7 Å². The molecule has 6 nitrogen and oxygen atoms in total. The van der Waals surface area contributed by atoms with Gasteiger partial charge >= 0.3 is 0 Å². The molecule has 2 N–H and O–H groups in total. The first kappa shape index (κ1) is 17.0. The van der Waals surface area contributed by atoms with Gasteiger partial charge in [-0.2, -0.15) is 0 Å². The Morgan fingerprint density at radius 3 is 2.56 bits per heavy atom. The van der Waals surface area contributed by atoms with E-state index in [1.807, 2.05) is 36.4 Å². The number of hydrogen-bond acceptors (Lipinski definition) is 5. The molecule has 0 radical (unpaired) electrons. The number of rotatable bonds is 7. The first-order chi connectivity index (χ1) is 12.2. The molecule has 0 atom stereocenters. The van der Waals surface area contributed by atoms with Crippen molar-refractivity contribution in [2.24, 2.45) is 0 Å². The quantitative estimate of drug-likeness (QED) is 0.679. The average molecular weight is 357 g/mol. The summed E-state index contributed by atoms with van der Waals surface area (Å²) in [5.41, 5.74) is 1.53. The van der Waals surface area contributed by atoms with Crippen molar-refractivity contribution in [3.8, 4) is 0 Å². The van der Waals surface area contributed by atoms with Crippen molar-refractivity contribution in [2.75, 3.05) is 11.9 Å². The lowest BCUT2D eigenvalue weighted by atomic mass is 10.1. The maximum absolute atomic E-state index is 12.1. The third kappa shape index (κ3) is 5.06. The summed E-state index contributed by atoms with van der Waals surface area (Å²) in [5.74, 6) is 1.02. The number of carbonyl (C=O) groups is 1. The molecule has 128 valence electrons. The third-order valence-electron chi connectivity index (χ3n) is 3.53. The second-order valence-electron chi connectivity index (χ2n) is 5.36. The van der Waals surface area contributed by atoms with Crippen LogP contribution in [-0.4, -0.2) is 22.4 Å². The summed E-state index contributed by atoms with van der Waals surface area (Å²) in [6.45, 7) is 1.01. The molecule has 0 aliphatic carbocycles. The van der Waals surface area contributed by atoms with Crippen molar-refractivity contribution in [1.29, 1.82) is 0 Å². The highest BCUT2D eigenvalue weighted by molar-refractivity contribution is 6.30. The Balaban J connectivity index is 1.46. The Morgan fingerprint density at radius 2 is 1.88 bits per heavy atom. The largest absolute Gasteiger partial charge is 0.467 e. The molecule has 2 heterocycles. The smallest absolute Gasteiger partial charge is 0.254 e. The summed E-state index contributed by atoms with van der Waals surface area (Å²) >= 11 is 5.85. The van der Waals surface area contributed by atoms with Gasteiger partial charge < -0.3 is 15.1 Å². The summed E-state index contributed by atoms with van der Waals surface area (Å²) in [4.78, 5) is 20.4. The van der Waals surface area contributed by atoms with Gasteiger partial charge in [0, 0.05) is 24.0 Å². The molecule has 0 unspecified atom stereocenters. The maximum Gasteiger partial charge on any atom is 0.254 e. The van der Waals surface area contributed by atoms with Crippen molar-refractivity contribution < 1.29 is 9.21 Å². The van der Waals surface area contributed by atoms with Gasteiger partial charge in [-0.05, 0) is 36.2 Å². The lowest BCUT2D eigenvalue weighted by Gasteiger charge is -2.06. The molecule has 1 amide bonds. The van der Waals surface area contributed by atoms with E-state index in [0.29, 0.717) is 29.6 Å². The van der Waals surface area contributed by atoms with Gasteiger partial charge in [0.2, 0.25) is 5.95 Å². The number of halogens is 1. The number of aromatic nitrogens is 2. The van der Waals surface area contributed by atoms with E-state index in [4.69, 9.17) is 16.0 Å². The lowest BCUT2D eigenvalue weighted by molar-refractivity contribution is 0.0953. The van der Waals surface area contributed by atoms with Gasteiger partial charge in [-0.15, -0.1) is 0 Å². The SMILES string of the molecule is O=C(NCCc1ccc(Cl)cc1)c1cnc(NCc2ccco2)nc1. The fourth-order valence-corrected chi connectivity index (χ4v) is 2.32. The summed E-state index contributed by atoms with van der Waals surface area (Å²) in [6.07, 6.45) is 5.33. The normalized spacial score (nSPS) is 10.4. The van der Waals surface area contributed by atoms with Crippen LogP contribution in [0.25, 0.3) is 0 Å². The van der Waals surface area contributed by atoms with E-state index >= 15 is 0 Å². The predicted octanol–water partition coefficient (Wildman–Crippen LogP) is 3.31. The van der Waals surface area contributed by atoms with Gasteiger partial charge in [0.05, 0.1) is 18.4 Å². The first-order valence-corrected chi connectivity index (χ1v) is 8.19. The Morgan fingerprint density at radius 1 is 1.12 bits per heavy atom. The summed E-state index contributed by atoms with van der Waals surface area (Å²) in [6, 6.07) is 11.2. The Kier molecular flexibility index (Phi) is 5.64. The highest BCUT2D eigenvalue weighted by atomic mass is 35.5. The number of nitrogens with zero attached hydrogens (tertiary/aromatic N) is 2. The van der Waals surface area contributed by atoms with Gasteiger partial charge in [-0.25, -0.2) is 9.97 Å². The highest BCUT2D eigenvalue weighted by Crippen LogP contribution is 2.09. The molecule has 0 saturated heterocycles. The molecule has 0 bridgehead atoms. The van der Waals surface area contributed by atoms with Gasteiger partial charge in [0.25, 0.3) is 5.91 Å². The standard InChI is InChI=1S/C18H17ClN4O2/c19-15-5-3-13(4-6-15)7-8-20-17(24)14-10-21-18(22-11-14)23-12-16-2-1-9-25-16/h1-6,9-11H,7-8,12H2,(H,20,24)(H,21,22,23). The molecule has 25 heavy (non-hydrogen) atoms. The number of anilines is 1. The lowest BCUT2D eigenvalue weighted by Crippen LogP contribution is -2.26. The number of hydrogen-bond donors (Lipinski definition) is 2. The van der Waals surface area contributed by atoms with Crippen LogP contribution in [0.5, 0.6) is 0 Å². The molecule has 0 saturated carbocycles. The van der Waals surface area contributed by atoms with Crippen molar-refractivity contribution in [3.05, 3.63) is 77.0 Å². The van der Waals surface area contributed by atoms with Crippen LogP contribution in [0.2, 0.25) is 5.02 Å². The van der Waals surface area contributed by atoms with E-state index in [2.05, 4.69) is 20.6 Å². The highest BCUT2D eigenvalue weighted by Gasteiger charge is 2.07. The minimum Gasteiger partial charge on any atom is -0.467 e. The minimum absolute atomic E-state index is 0.202. The summed E-state index contributed by atoms with van der Waals surface area (Å²) < 4.78 is 5.21. The molecule has 0 fully saturated rings. The van der Waals surface area contributed by atoms with E-state index in [-0.39, 0.29) is 5.91 Å². The summed E-state index contributed by atoms with van der Waals surface area (Å²) in [7, 11) is 0. The second-order valence-corrected chi connectivity index (χ2v) is 5.80. The van der Waals surface area contributed by atoms with Crippen LogP contribution < -0.4 is 10.6 Å². The third-order valence-corrected chi connectivity index (χ3v) is 3.78. The molecule has 3 aromatic rings. The van der Waals surface area contributed by atoms with E-state index < -0.39 is 0 Å². The van der Waals surface area contributed by atoms with E-state index in [1.54, 1.807) is 6.26 Å². The number of amides is 1. The number of nitrogens with one attached hydrogen (secondary N) is 2. The van der Waals surface area contributed by atoms with Gasteiger partial charge in [-0.3, -0.25) is 4.79 Å². The average Bonchev–Trinajstić information content (AvgIpc) is 3.15. The zero-order chi connectivity index (χ0) is 17.5. The molecule has 1 aromatic carbocycles. The molecule has 2 aromatic heterocycles. The van der Waals surface area contributed by atoms with Crippen molar-refractivity contribution in [2.45, 2.75) is 13.0 Å². The topological polar surface area (TPSA) is 80.0 Å². The number of furan rings is 1. The monoisotopic (exact) mass is 356 g/mol. The first-order valence-electron chi connectivity index (χ1n) is 7.81. The Bertz CT molecular complexity index is 802. The molecule has 0 spiro atoms. The van der Waals surface area contributed by atoms with E-state index in [1.165, 1.54) is 12.4 Å². The minimum atomic E-state index is -0.202. The van der Waals surface area contributed by atoms with Crippen LogP contribution >= 0.6 is 11.6 Å². The Hall–Kier alpha value is -2.86. The van der Waals surface area contributed by atoms with Gasteiger partial charge in [0.15, 0.2) is 0 Å². The maximum atomic E-state index is 12.1. The molecular weight excluding hydrogens is 340 g/mol. The molecule has 7 heteroatoms. The van der Waals surface area contributed by atoms with Gasteiger partial charge in [0.1, 0.15) is 5.76 Å². The fraction of sp³-hybridized carbons (Fsp3) is 0.167. The van der Waals surface area contributed by atoms with Crippen molar-refractivity contribution >= 4 is 23.5 Å². The van der Waals surface area contributed by atoms with Crippen LogP contribution in [0.3, 0.4) is 0 Å². The Labute approximate surface area is 150 Å². The predicted molar refractivity (Wildman–Crippen MR) is 95.6 cm³/mol. The van der Waals surface area contributed by atoms with Crippen LogP contribution in [-0.2, 0) is 13.0 Å². The van der Waals surface area contributed by atoms with E-state index in [9.17, 15) is 4.79 Å². The molecule has 0 aliphatic rings. The molecular formula is C18H17ClN4O2. The number of carbonyl (C=O) groups excluding carboxylic acids is 1. The van der Waals surface area contributed by atoms with Gasteiger partial charge in [-0.1, -0.05) is 23.7 Å². The summed E-state index contributed by atoms with van der Waals surface area (Å²) in [5, 5.41) is 6.57. The van der Waals surface area contributed by atoms with Crippen LogP contribution in [0.4, 0.5) is 5.95 Å². The van der Waals surface area contributed by atoms with Crippen LogP contribution in [0, 0.1) is 0 Å². The second kappa shape index (κ2) is 8.30. The van der Waals surface area contributed by atoms with Crippen LogP contribution in [0.1, 0.15) is 21.7 Å². The fourth-order valence-electron chi connectivity index (χ4n) is 2.19. The van der Waals surface area contributed by atoms with Crippen LogP contribution in [0.15, 0.2) is 59.5 Å².